The van der Waals surface area contributed by atoms with Gasteiger partial charge in [0, 0.05) is 18.0 Å². The molecule has 164 valence electrons. The molecule has 0 aliphatic carbocycles. The van der Waals surface area contributed by atoms with E-state index in [9.17, 15) is 13.2 Å². The molecule has 4 nitrogen and oxygen atoms in total. The molecule has 4 rings (SSSR count). The minimum Gasteiger partial charge on any atom is -1.00 e. The van der Waals surface area contributed by atoms with E-state index in [0.29, 0.717) is 22.4 Å². The summed E-state index contributed by atoms with van der Waals surface area (Å²) in [6.45, 7) is 8.26. The quantitative estimate of drug-likeness (QED) is 0.450. The van der Waals surface area contributed by atoms with Crippen molar-refractivity contribution in [1.82, 2.24) is 19.7 Å². The van der Waals surface area contributed by atoms with Crippen LogP contribution in [0.5, 0.6) is 0 Å². The molecule has 2 aromatic heterocycles. The van der Waals surface area contributed by atoms with E-state index in [1.807, 2.05) is 14.0 Å². The normalized spacial score (nSPS) is 12.3. The molecule has 2 aromatic carbocycles. The summed E-state index contributed by atoms with van der Waals surface area (Å²) in [7, 11) is 1.84. The second kappa shape index (κ2) is 8.52. The SMILES string of the molecule is Cc1c(C(C)(C)C)nn(C)c1-c1nc2c(Cl)cc(-c3ccccc3C(F)(F)F)cc2[nH]1.[H-].[Na+]. The van der Waals surface area contributed by atoms with Gasteiger partial charge in [-0.25, -0.2) is 4.98 Å². The van der Waals surface area contributed by atoms with Gasteiger partial charge in [-0.2, -0.15) is 18.3 Å². The van der Waals surface area contributed by atoms with Gasteiger partial charge in [0.25, 0.3) is 0 Å². The fraction of sp³-hybridized carbons (Fsp3) is 0.304. The van der Waals surface area contributed by atoms with Crippen molar-refractivity contribution in [2.45, 2.75) is 39.3 Å². The van der Waals surface area contributed by atoms with Crippen molar-refractivity contribution in [2.24, 2.45) is 7.05 Å². The minimum atomic E-state index is -4.47. The second-order valence-electron chi connectivity index (χ2n) is 8.68. The van der Waals surface area contributed by atoms with E-state index < -0.39 is 11.7 Å². The van der Waals surface area contributed by atoms with Crippen LogP contribution in [0.3, 0.4) is 0 Å². The number of H-pyrrole nitrogens is 1. The van der Waals surface area contributed by atoms with Crippen LogP contribution >= 0.6 is 11.6 Å². The first-order valence-corrected chi connectivity index (χ1v) is 10.2. The van der Waals surface area contributed by atoms with Gasteiger partial charge in [-0.3, -0.25) is 4.68 Å². The molecule has 0 fully saturated rings. The van der Waals surface area contributed by atoms with Gasteiger partial charge >= 0.3 is 35.7 Å². The third-order valence-corrected chi connectivity index (χ3v) is 5.59. The maximum Gasteiger partial charge on any atom is 1.00 e. The number of rotatable bonds is 2. The molecule has 0 radical (unpaired) electrons. The molecule has 0 bridgehead atoms. The Morgan fingerprint density at radius 2 is 1.75 bits per heavy atom. The predicted molar refractivity (Wildman–Crippen MR) is 118 cm³/mol. The van der Waals surface area contributed by atoms with E-state index in [4.69, 9.17) is 11.6 Å². The molecule has 0 amide bonds. The first-order valence-electron chi connectivity index (χ1n) is 9.78. The van der Waals surface area contributed by atoms with Gasteiger partial charge in [0.1, 0.15) is 11.2 Å². The Balaban J connectivity index is 0.00000193. The summed E-state index contributed by atoms with van der Waals surface area (Å²) in [5, 5.41) is 4.93. The van der Waals surface area contributed by atoms with E-state index in [-0.39, 0.29) is 47.0 Å². The van der Waals surface area contributed by atoms with Crippen molar-refractivity contribution in [3.63, 3.8) is 0 Å². The van der Waals surface area contributed by atoms with Gasteiger partial charge in [-0.1, -0.05) is 50.6 Å². The number of aromatic nitrogens is 4. The van der Waals surface area contributed by atoms with Crippen molar-refractivity contribution in [3.8, 4) is 22.6 Å². The Morgan fingerprint density at radius 3 is 2.34 bits per heavy atom. The molecule has 0 aliphatic heterocycles. The van der Waals surface area contributed by atoms with Crippen molar-refractivity contribution in [2.75, 3.05) is 0 Å². The third-order valence-electron chi connectivity index (χ3n) is 5.30. The number of halogens is 4. The number of aromatic amines is 1. The number of hydrogen-bond donors (Lipinski definition) is 1. The molecule has 9 heteroatoms. The van der Waals surface area contributed by atoms with Crippen LogP contribution in [-0.4, -0.2) is 19.7 Å². The Kier molecular flexibility index (Phi) is 6.61. The molecule has 0 atom stereocenters. The van der Waals surface area contributed by atoms with Gasteiger partial charge in [-0.15, -0.1) is 0 Å². The van der Waals surface area contributed by atoms with Crippen LogP contribution < -0.4 is 29.6 Å². The molecule has 2 heterocycles. The van der Waals surface area contributed by atoms with Crippen LogP contribution in [0.4, 0.5) is 13.2 Å². The molecule has 0 saturated heterocycles. The largest absolute Gasteiger partial charge is 1.00 e. The number of hydrogen-bond acceptors (Lipinski definition) is 2. The van der Waals surface area contributed by atoms with Crippen LogP contribution in [0.15, 0.2) is 36.4 Å². The first-order chi connectivity index (χ1) is 14.4. The average Bonchev–Trinajstić information content (AvgIpc) is 3.21. The molecule has 32 heavy (non-hydrogen) atoms. The molecule has 0 spiro atoms. The Bertz CT molecular complexity index is 1310. The summed E-state index contributed by atoms with van der Waals surface area (Å²) in [5.41, 5.74) is 3.42. The fourth-order valence-corrected chi connectivity index (χ4v) is 4.26. The van der Waals surface area contributed by atoms with Crippen LogP contribution in [0, 0.1) is 6.92 Å². The van der Waals surface area contributed by atoms with Crippen LogP contribution in [0.25, 0.3) is 33.7 Å². The number of fused-ring (bicyclic) bond motifs is 1. The van der Waals surface area contributed by atoms with Gasteiger partial charge in [0.05, 0.1) is 21.8 Å². The molecule has 0 unspecified atom stereocenters. The molecule has 1 N–H and O–H groups in total. The first kappa shape index (κ1) is 24.8. The number of nitrogens with zero attached hydrogens (tertiary/aromatic N) is 3. The summed E-state index contributed by atoms with van der Waals surface area (Å²) in [4.78, 5) is 7.86. The zero-order chi connectivity index (χ0) is 22.7. The molecule has 0 saturated carbocycles. The Labute approximate surface area is 213 Å². The second-order valence-corrected chi connectivity index (χ2v) is 9.09. The summed E-state index contributed by atoms with van der Waals surface area (Å²) < 4.78 is 42.3. The number of nitrogens with one attached hydrogen (secondary N) is 1. The van der Waals surface area contributed by atoms with Gasteiger partial charge in [-0.05, 0) is 36.2 Å². The topological polar surface area (TPSA) is 46.5 Å². The summed E-state index contributed by atoms with van der Waals surface area (Å²) in [5.74, 6) is 0.571. The van der Waals surface area contributed by atoms with Crippen LogP contribution in [0.2, 0.25) is 5.02 Å². The van der Waals surface area contributed by atoms with Crippen LogP contribution in [0.1, 0.15) is 39.0 Å². The maximum absolute atomic E-state index is 13.5. The zero-order valence-corrected chi connectivity index (χ0v) is 21.6. The van der Waals surface area contributed by atoms with Crippen LogP contribution in [-0.2, 0) is 18.6 Å². The Morgan fingerprint density at radius 1 is 1.09 bits per heavy atom. The summed E-state index contributed by atoms with van der Waals surface area (Å²) in [6.07, 6.45) is -4.47. The molecular weight excluding hydrogens is 448 g/mol. The van der Waals surface area contributed by atoms with Crippen molar-refractivity contribution in [3.05, 3.63) is 58.2 Å². The van der Waals surface area contributed by atoms with Gasteiger partial charge in [0.2, 0.25) is 0 Å². The van der Waals surface area contributed by atoms with Gasteiger partial charge < -0.3 is 6.41 Å². The molecule has 4 aromatic rings. The standard InChI is InChI=1S/C23H22ClF3N4.Na.H/c1-12-19(31(5)30-20(12)22(2,3)4)21-28-17-11-13(10-16(24)18(17)29-21)14-8-6-7-9-15(14)23(25,26)27;;/h6-11H,1-5H3,(H,28,29);;/q;+1;-1. The number of imidazole rings is 1. The average molecular weight is 471 g/mol. The van der Waals surface area contributed by atoms with Crippen molar-refractivity contribution >= 4 is 22.6 Å². The smallest absolute Gasteiger partial charge is 1.00 e. The van der Waals surface area contributed by atoms with E-state index in [0.717, 1.165) is 23.0 Å². The monoisotopic (exact) mass is 470 g/mol. The Hall–Kier alpha value is -1.80. The van der Waals surface area contributed by atoms with E-state index >= 15 is 0 Å². The molecular formula is C23H23ClF3N4Na. The summed E-state index contributed by atoms with van der Waals surface area (Å²) in [6, 6.07) is 8.64. The molecule has 0 aliphatic rings. The van der Waals surface area contributed by atoms with Crippen molar-refractivity contribution in [1.29, 1.82) is 0 Å². The summed E-state index contributed by atoms with van der Waals surface area (Å²) >= 11 is 6.45. The zero-order valence-electron chi connectivity index (χ0n) is 19.8. The number of benzene rings is 2. The van der Waals surface area contributed by atoms with Gasteiger partial charge in [0.15, 0.2) is 5.82 Å². The third kappa shape index (κ3) is 4.36. The van der Waals surface area contributed by atoms with E-state index in [1.54, 1.807) is 16.8 Å². The predicted octanol–water partition coefficient (Wildman–Crippen LogP) is 4.03. The number of aryl methyl sites for hydroxylation is 1. The van der Waals surface area contributed by atoms with E-state index in [1.165, 1.54) is 18.2 Å². The van der Waals surface area contributed by atoms with Crippen molar-refractivity contribution < 1.29 is 44.2 Å². The maximum atomic E-state index is 13.5. The minimum absolute atomic E-state index is 0. The fourth-order valence-electron chi connectivity index (χ4n) is 4.00. The number of alkyl halides is 3. The van der Waals surface area contributed by atoms with E-state index in [2.05, 4.69) is 35.8 Å².